The van der Waals surface area contributed by atoms with E-state index in [-0.39, 0.29) is 6.61 Å². The fourth-order valence-electron chi connectivity index (χ4n) is 1.21. The average molecular weight is 252 g/mol. The van der Waals surface area contributed by atoms with E-state index < -0.39 is 21.8 Å². The third-order valence-electron chi connectivity index (χ3n) is 1.99. The van der Waals surface area contributed by atoms with Crippen molar-refractivity contribution in [3.05, 3.63) is 0 Å². The quantitative estimate of drug-likeness (QED) is 0.403. The van der Waals surface area contributed by atoms with E-state index in [1.165, 1.54) is 0 Å². The summed E-state index contributed by atoms with van der Waals surface area (Å²) in [6.45, 7) is 4.50. The smallest absolute Gasteiger partial charge is 0.323 e. The molecule has 0 aliphatic carbocycles. The lowest BCUT2D eigenvalue weighted by Gasteiger charge is -2.05. The van der Waals surface area contributed by atoms with Crippen molar-refractivity contribution in [1.82, 2.24) is 0 Å². The van der Waals surface area contributed by atoms with E-state index in [1.54, 1.807) is 0 Å². The van der Waals surface area contributed by atoms with Gasteiger partial charge in [-0.25, -0.2) is 0 Å². The molecular formula is C10H20O5S. The summed E-state index contributed by atoms with van der Waals surface area (Å²) in [4.78, 5) is 10.8. The highest BCUT2D eigenvalue weighted by Gasteiger charge is 2.13. The Morgan fingerprint density at radius 2 is 1.88 bits per heavy atom. The van der Waals surface area contributed by atoms with Crippen molar-refractivity contribution in [2.45, 2.75) is 39.5 Å². The molecule has 0 aromatic rings. The maximum absolute atomic E-state index is 10.8. The minimum absolute atomic E-state index is 0.215. The number of esters is 1. The van der Waals surface area contributed by atoms with Crippen LogP contribution in [0.4, 0.5) is 0 Å². The minimum atomic E-state index is -4.26. The summed E-state index contributed by atoms with van der Waals surface area (Å²) in [5.74, 6) is -1.19. The van der Waals surface area contributed by atoms with E-state index in [2.05, 4.69) is 18.6 Å². The van der Waals surface area contributed by atoms with Gasteiger partial charge in [-0.2, -0.15) is 8.42 Å². The van der Waals surface area contributed by atoms with Crippen LogP contribution in [0.25, 0.3) is 0 Å². The van der Waals surface area contributed by atoms with Crippen LogP contribution >= 0.6 is 0 Å². The molecule has 6 heteroatoms. The summed E-state index contributed by atoms with van der Waals surface area (Å²) < 4.78 is 33.6. The summed E-state index contributed by atoms with van der Waals surface area (Å²) in [6.07, 6.45) is 3.90. The second-order valence-electron chi connectivity index (χ2n) is 4.19. The lowest BCUT2D eigenvalue weighted by molar-refractivity contribution is -0.140. The van der Waals surface area contributed by atoms with E-state index >= 15 is 0 Å². The monoisotopic (exact) mass is 252 g/mol. The highest BCUT2D eigenvalue weighted by molar-refractivity contribution is 7.86. The molecule has 0 atom stereocenters. The summed E-state index contributed by atoms with van der Waals surface area (Å²) in [5, 5.41) is 0. The van der Waals surface area contributed by atoms with Gasteiger partial charge < -0.3 is 4.74 Å². The molecule has 16 heavy (non-hydrogen) atoms. The van der Waals surface area contributed by atoms with Crippen LogP contribution in [0.2, 0.25) is 0 Å². The van der Waals surface area contributed by atoms with E-state index in [4.69, 9.17) is 4.55 Å². The average Bonchev–Trinajstić information content (AvgIpc) is 2.07. The fourth-order valence-corrected chi connectivity index (χ4v) is 1.59. The van der Waals surface area contributed by atoms with Crippen LogP contribution in [0.15, 0.2) is 0 Å². The Balaban J connectivity index is 3.42. The summed E-state index contributed by atoms with van der Waals surface area (Å²) in [7, 11) is -4.26. The zero-order valence-electron chi connectivity index (χ0n) is 9.81. The Hall–Kier alpha value is -0.620. The molecule has 0 saturated heterocycles. The zero-order chi connectivity index (χ0) is 12.6. The van der Waals surface area contributed by atoms with Gasteiger partial charge in [0.05, 0.1) is 6.61 Å². The first-order chi connectivity index (χ1) is 7.31. The highest BCUT2D eigenvalue weighted by atomic mass is 32.2. The van der Waals surface area contributed by atoms with E-state index in [0.29, 0.717) is 5.92 Å². The van der Waals surface area contributed by atoms with Crippen LogP contribution < -0.4 is 0 Å². The number of unbranched alkanes of at least 4 members (excludes halogenated alkanes) is 2. The number of hydrogen-bond donors (Lipinski definition) is 1. The zero-order valence-corrected chi connectivity index (χ0v) is 10.6. The molecule has 0 bridgehead atoms. The van der Waals surface area contributed by atoms with Crippen molar-refractivity contribution in [2.24, 2.45) is 5.92 Å². The lowest BCUT2D eigenvalue weighted by atomic mass is 10.1. The van der Waals surface area contributed by atoms with Crippen molar-refractivity contribution < 1.29 is 22.5 Å². The Kier molecular flexibility index (Phi) is 7.33. The van der Waals surface area contributed by atoms with E-state index in [9.17, 15) is 13.2 Å². The predicted octanol–water partition coefficient (Wildman–Crippen LogP) is 1.63. The number of hydrogen-bond acceptors (Lipinski definition) is 4. The molecule has 0 amide bonds. The van der Waals surface area contributed by atoms with Gasteiger partial charge in [0, 0.05) is 0 Å². The van der Waals surface area contributed by atoms with Crippen LogP contribution in [0.5, 0.6) is 0 Å². The van der Waals surface area contributed by atoms with Crippen LogP contribution in [0.1, 0.15) is 39.5 Å². The Bertz CT molecular complexity index is 294. The first-order valence-corrected chi connectivity index (χ1v) is 7.03. The van der Waals surface area contributed by atoms with Crippen molar-refractivity contribution >= 4 is 16.1 Å². The third kappa shape index (κ3) is 11.5. The summed E-state index contributed by atoms with van der Waals surface area (Å²) in [5.41, 5.74) is 0. The topological polar surface area (TPSA) is 80.7 Å². The number of ether oxygens (including phenoxy) is 1. The second-order valence-corrected chi connectivity index (χ2v) is 5.64. The molecule has 0 aromatic heterocycles. The molecule has 0 saturated carbocycles. The molecule has 0 aliphatic rings. The molecule has 96 valence electrons. The van der Waals surface area contributed by atoms with Gasteiger partial charge in [0.2, 0.25) is 0 Å². The molecule has 5 nitrogen and oxygen atoms in total. The molecule has 0 unspecified atom stereocenters. The molecule has 0 rings (SSSR count). The van der Waals surface area contributed by atoms with Crippen molar-refractivity contribution in [3.8, 4) is 0 Å². The SMILES string of the molecule is CC(C)CCCCCOC(=O)CS(=O)(=O)O. The predicted molar refractivity (Wildman–Crippen MR) is 60.7 cm³/mol. The number of rotatable bonds is 8. The van der Waals surface area contributed by atoms with Gasteiger partial charge >= 0.3 is 5.97 Å². The normalized spacial score (nSPS) is 11.8. The molecule has 0 spiro atoms. The van der Waals surface area contributed by atoms with Gasteiger partial charge in [-0.05, 0) is 12.3 Å². The van der Waals surface area contributed by atoms with Gasteiger partial charge in [-0.3, -0.25) is 9.35 Å². The summed E-state index contributed by atoms with van der Waals surface area (Å²) >= 11 is 0. The van der Waals surface area contributed by atoms with Gasteiger partial charge in [-0.1, -0.05) is 33.1 Å². The molecule has 0 radical (unpaired) electrons. The van der Waals surface area contributed by atoms with Crippen LogP contribution in [0, 0.1) is 5.92 Å². The molecule has 0 aromatic carbocycles. The van der Waals surface area contributed by atoms with Gasteiger partial charge in [-0.15, -0.1) is 0 Å². The lowest BCUT2D eigenvalue weighted by Crippen LogP contribution is -2.18. The first kappa shape index (κ1) is 15.4. The minimum Gasteiger partial charge on any atom is -0.465 e. The first-order valence-electron chi connectivity index (χ1n) is 5.42. The Labute approximate surface area is 96.9 Å². The Morgan fingerprint density at radius 1 is 1.25 bits per heavy atom. The fraction of sp³-hybridized carbons (Fsp3) is 0.900. The molecular weight excluding hydrogens is 232 g/mol. The molecule has 0 heterocycles. The Morgan fingerprint density at radius 3 is 2.38 bits per heavy atom. The van der Waals surface area contributed by atoms with Crippen molar-refractivity contribution in [1.29, 1.82) is 0 Å². The van der Waals surface area contributed by atoms with Crippen LogP contribution in [-0.4, -0.2) is 31.3 Å². The van der Waals surface area contributed by atoms with Crippen LogP contribution in [-0.2, 0) is 19.6 Å². The summed E-state index contributed by atoms with van der Waals surface area (Å²) in [6, 6.07) is 0. The standard InChI is InChI=1S/C10H20O5S/c1-9(2)6-4-3-5-7-15-10(11)8-16(12,13)14/h9H,3-8H2,1-2H3,(H,12,13,14). The maximum Gasteiger partial charge on any atom is 0.323 e. The largest absolute Gasteiger partial charge is 0.465 e. The molecule has 0 aliphatic heterocycles. The van der Waals surface area contributed by atoms with Crippen molar-refractivity contribution in [3.63, 3.8) is 0 Å². The maximum atomic E-state index is 10.8. The number of carbonyl (C=O) groups is 1. The third-order valence-corrected chi connectivity index (χ3v) is 2.59. The van der Waals surface area contributed by atoms with Crippen molar-refractivity contribution in [2.75, 3.05) is 12.4 Å². The van der Waals surface area contributed by atoms with E-state index in [0.717, 1.165) is 25.7 Å². The van der Waals surface area contributed by atoms with Gasteiger partial charge in [0.25, 0.3) is 10.1 Å². The highest BCUT2D eigenvalue weighted by Crippen LogP contribution is 2.07. The van der Waals surface area contributed by atoms with E-state index in [1.807, 2.05) is 0 Å². The van der Waals surface area contributed by atoms with Gasteiger partial charge in [0.15, 0.2) is 5.75 Å². The number of carbonyl (C=O) groups excluding carboxylic acids is 1. The second kappa shape index (κ2) is 7.62. The van der Waals surface area contributed by atoms with Crippen LogP contribution in [0.3, 0.4) is 0 Å². The molecule has 0 fully saturated rings. The van der Waals surface area contributed by atoms with Gasteiger partial charge in [0.1, 0.15) is 0 Å². The molecule has 1 N–H and O–H groups in total.